The summed E-state index contributed by atoms with van der Waals surface area (Å²) in [5.74, 6) is -0.696. The fourth-order valence-corrected chi connectivity index (χ4v) is 2.59. The number of amides is 1. The molecule has 0 fully saturated rings. The molecule has 134 valence electrons. The van der Waals surface area contributed by atoms with Crippen LogP contribution in [-0.4, -0.2) is 26.3 Å². The number of hydrogen-bond acceptors (Lipinski definition) is 5. The summed E-state index contributed by atoms with van der Waals surface area (Å²) < 4.78 is 38.2. The van der Waals surface area contributed by atoms with Crippen molar-refractivity contribution in [2.24, 2.45) is 0 Å². The normalized spacial score (nSPS) is 12.7. The highest BCUT2D eigenvalue weighted by molar-refractivity contribution is 8.00. The van der Waals surface area contributed by atoms with Gasteiger partial charge in [0.25, 0.3) is 5.56 Å². The van der Waals surface area contributed by atoms with Crippen LogP contribution in [0.5, 0.6) is 0 Å². The van der Waals surface area contributed by atoms with Crippen molar-refractivity contribution < 1.29 is 18.0 Å². The molecule has 0 spiro atoms. The van der Waals surface area contributed by atoms with E-state index in [2.05, 4.69) is 10.4 Å². The molecule has 0 radical (unpaired) electrons. The van der Waals surface area contributed by atoms with Crippen LogP contribution in [0.25, 0.3) is 0 Å². The average molecular weight is 395 g/mol. The van der Waals surface area contributed by atoms with Crippen LogP contribution in [0.4, 0.5) is 18.9 Å². The summed E-state index contributed by atoms with van der Waals surface area (Å²) in [7, 11) is 0. The molecule has 3 N–H and O–H groups in total. The van der Waals surface area contributed by atoms with E-state index in [1.54, 1.807) is 0 Å². The van der Waals surface area contributed by atoms with Crippen LogP contribution in [-0.2, 0) is 11.0 Å². The lowest BCUT2D eigenvalue weighted by molar-refractivity contribution is -0.137. The van der Waals surface area contributed by atoms with Crippen LogP contribution < -0.4 is 16.6 Å². The van der Waals surface area contributed by atoms with Gasteiger partial charge < -0.3 is 5.32 Å². The summed E-state index contributed by atoms with van der Waals surface area (Å²) in [4.78, 5) is 36.5. The second-order valence-electron chi connectivity index (χ2n) is 4.75. The minimum absolute atomic E-state index is 0.0708. The number of alkyl halides is 3. The Morgan fingerprint density at radius 1 is 1.36 bits per heavy atom. The second-order valence-corrected chi connectivity index (χ2v) is 6.49. The number of benzene rings is 1. The first-order chi connectivity index (χ1) is 11.6. The summed E-state index contributed by atoms with van der Waals surface area (Å²) in [5, 5.41) is 6.64. The van der Waals surface area contributed by atoms with Crippen LogP contribution in [0.3, 0.4) is 0 Å². The number of rotatable bonds is 4. The van der Waals surface area contributed by atoms with Gasteiger partial charge in [-0.1, -0.05) is 23.4 Å². The quantitative estimate of drug-likeness (QED) is 0.689. The Bertz CT molecular complexity index is 912. The van der Waals surface area contributed by atoms with Gasteiger partial charge in [0.15, 0.2) is 5.03 Å². The zero-order valence-electron chi connectivity index (χ0n) is 12.4. The van der Waals surface area contributed by atoms with E-state index >= 15 is 0 Å². The number of nitrogens with zero attached hydrogens (tertiary/aromatic N) is 1. The summed E-state index contributed by atoms with van der Waals surface area (Å²) in [5.41, 5.74) is -2.77. The van der Waals surface area contributed by atoms with Gasteiger partial charge in [0, 0.05) is 0 Å². The van der Waals surface area contributed by atoms with E-state index in [0.717, 1.165) is 23.9 Å². The number of nitrogens with one attached hydrogen (secondary N) is 3. The first-order valence-corrected chi connectivity index (χ1v) is 7.87. The topological polar surface area (TPSA) is 108 Å². The van der Waals surface area contributed by atoms with Crippen molar-refractivity contribution in [2.45, 2.75) is 23.4 Å². The third kappa shape index (κ3) is 4.86. The molecular weight excluding hydrogens is 385 g/mol. The highest BCUT2D eigenvalue weighted by atomic mass is 35.5. The van der Waals surface area contributed by atoms with Crippen molar-refractivity contribution in [3.8, 4) is 0 Å². The van der Waals surface area contributed by atoms with Crippen molar-refractivity contribution in [2.75, 3.05) is 5.32 Å². The molecule has 0 aliphatic carbocycles. The number of aromatic amines is 2. The third-order valence-corrected chi connectivity index (χ3v) is 4.29. The van der Waals surface area contributed by atoms with Crippen LogP contribution in [0.1, 0.15) is 12.5 Å². The van der Waals surface area contributed by atoms with Crippen molar-refractivity contribution in [1.29, 1.82) is 0 Å². The number of aromatic nitrogens is 3. The van der Waals surface area contributed by atoms with Gasteiger partial charge in [-0.05, 0) is 25.1 Å². The van der Waals surface area contributed by atoms with Gasteiger partial charge in [-0.3, -0.25) is 14.6 Å². The van der Waals surface area contributed by atoms with Gasteiger partial charge >= 0.3 is 11.9 Å². The van der Waals surface area contributed by atoms with Gasteiger partial charge in [-0.2, -0.15) is 18.3 Å². The fraction of sp³-hybridized carbons (Fsp3) is 0.231. The second kappa shape index (κ2) is 7.31. The Labute approximate surface area is 147 Å². The molecule has 0 aliphatic rings. The standard InChI is InChI=1S/C13H10ClF3N4O3S/c1-5(25-11-10(23)19-12(24)21-20-11)9(22)18-8-4-6(13(15,16)17)2-3-7(8)14/h2-5H,1H3,(H,18,22)(H2,19,21,23,24)/t5-/m1/s1. The molecule has 1 heterocycles. The molecule has 0 bridgehead atoms. The molecule has 2 rings (SSSR count). The molecule has 1 atom stereocenters. The van der Waals surface area contributed by atoms with Gasteiger partial charge in [-0.25, -0.2) is 9.89 Å². The molecule has 0 saturated heterocycles. The summed E-state index contributed by atoms with van der Waals surface area (Å²) in [6.45, 7) is 1.41. The number of H-pyrrole nitrogens is 2. The fourth-order valence-electron chi connectivity index (χ4n) is 1.67. The Morgan fingerprint density at radius 2 is 2.04 bits per heavy atom. The van der Waals surface area contributed by atoms with Crippen LogP contribution in [0.15, 0.2) is 32.8 Å². The zero-order valence-corrected chi connectivity index (χ0v) is 14.0. The molecule has 2 aromatic rings. The molecule has 7 nitrogen and oxygen atoms in total. The Morgan fingerprint density at radius 3 is 2.64 bits per heavy atom. The molecule has 0 saturated carbocycles. The number of hydrogen-bond donors (Lipinski definition) is 3. The SMILES string of the molecule is C[C@@H](Sc1n[nH]c(=O)[nH]c1=O)C(=O)Nc1cc(C(F)(F)F)ccc1Cl. The van der Waals surface area contributed by atoms with E-state index in [4.69, 9.17) is 11.6 Å². The van der Waals surface area contributed by atoms with Crippen LogP contribution in [0, 0.1) is 0 Å². The molecule has 0 aliphatic heterocycles. The number of thioether (sulfide) groups is 1. The summed E-state index contributed by atoms with van der Waals surface area (Å²) in [6.07, 6.45) is -4.59. The Balaban J connectivity index is 2.16. The first kappa shape index (κ1) is 19.1. The first-order valence-electron chi connectivity index (χ1n) is 6.61. The largest absolute Gasteiger partial charge is 0.416 e. The zero-order chi connectivity index (χ0) is 18.8. The van der Waals surface area contributed by atoms with E-state index in [0.29, 0.717) is 6.07 Å². The minimum atomic E-state index is -4.59. The monoisotopic (exact) mass is 394 g/mol. The van der Waals surface area contributed by atoms with Crippen molar-refractivity contribution in [3.63, 3.8) is 0 Å². The van der Waals surface area contributed by atoms with Gasteiger partial charge in [-0.15, -0.1) is 0 Å². The lowest BCUT2D eigenvalue weighted by Crippen LogP contribution is -2.28. The molecule has 1 aromatic carbocycles. The van der Waals surface area contributed by atoms with E-state index in [1.807, 2.05) is 10.1 Å². The molecule has 25 heavy (non-hydrogen) atoms. The smallest absolute Gasteiger partial charge is 0.324 e. The van der Waals surface area contributed by atoms with Gasteiger partial charge in [0.2, 0.25) is 5.91 Å². The third-order valence-electron chi connectivity index (χ3n) is 2.89. The maximum atomic E-state index is 12.7. The van der Waals surface area contributed by atoms with E-state index in [9.17, 15) is 27.6 Å². The maximum absolute atomic E-state index is 12.7. The summed E-state index contributed by atoms with van der Waals surface area (Å²) in [6, 6.07) is 2.52. The van der Waals surface area contributed by atoms with Crippen molar-refractivity contribution in [1.82, 2.24) is 15.2 Å². The van der Waals surface area contributed by atoms with E-state index < -0.39 is 34.1 Å². The Hall–Kier alpha value is -2.27. The predicted molar refractivity (Wildman–Crippen MR) is 85.9 cm³/mol. The minimum Gasteiger partial charge on any atom is -0.324 e. The van der Waals surface area contributed by atoms with E-state index in [1.165, 1.54) is 6.92 Å². The van der Waals surface area contributed by atoms with Crippen molar-refractivity contribution in [3.05, 3.63) is 49.6 Å². The lowest BCUT2D eigenvalue weighted by Gasteiger charge is -2.14. The molecule has 12 heteroatoms. The van der Waals surface area contributed by atoms with Crippen LogP contribution in [0.2, 0.25) is 5.02 Å². The van der Waals surface area contributed by atoms with Crippen molar-refractivity contribution >= 4 is 35.0 Å². The highest BCUT2D eigenvalue weighted by Gasteiger charge is 2.31. The van der Waals surface area contributed by atoms with Gasteiger partial charge in [0.05, 0.1) is 21.5 Å². The van der Waals surface area contributed by atoms with E-state index in [-0.39, 0.29) is 15.7 Å². The van der Waals surface area contributed by atoms with Gasteiger partial charge in [0.1, 0.15) is 0 Å². The van der Waals surface area contributed by atoms with Crippen LogP contribution >= 0.6 is 23.4 Å². The lowest BCUT2D eigenvalue weighted by atomic mass is 10.2. The number of carbonyl (C=O) groups excluding carboxylic acids is 1. The number of carbonyl (C=O) groups is 1. The molecule has 0 unspecified atom stereocenters. The maximum Gasteiger partial charge on any atom is 0.416 e. The molecular formula is C13H10ClF3N4O3S. The number of halogens is 4. The highest BCUT2D eigenvalue weighted by Crippen LogP contribution is 2.34. The Kier molecular flexibility index (Phi) is 5.58. The average Bonchev–Trinajstić information content (AvgIpc) is 2.50. The predicted octanol–water partition coefficient (Wildman–Crippen LogP) is 2.25. The molecule has 1 amide bonds. The number of anilines is 1. The molecule has 1 aromatic heterocycles. The summed E-state index contributed by atoms with van der Waals surface area (Å²) >= 11 is 6.52.